The van der Waals surface area contributed by atoms with Crippen LogP contribution in [0.2, 0.25) is 0 Å². The molecule has 0 spiro atoms. The minimum Gasteiger partial charge on any atom is -0.503 e. The van der Waals surface area contributed by atoms with Crippen LogP contribution < -0.4 is 4.74 Å². The Morgan fingerprint density at radius 3 is 2.85 bits per heavy atom. The van der Waals surface area contributed by atoms with Crippen LogP contribution in [0.25, 0.3) is 11.6 Å². The average molecular weight is 351 g/mol. The lowest BCUT2D eigenvalue weighted by atomic mass is 10.1. The van der Waals surface area contributed by atoms with Crippen LogP contribution in [-0.4, -0.2) is 17.2 Å². The largest absolute Gasteiger partial charge is 0.503 e. The SMILES string of the molecule is COc1cc(/C=C(/C#N)c2nc(C)cs2)cc(Br)c1O. The van der Waals surface area contributed by atoms with Crippen molar-refractivity contribution in [1.82, 2.24) is 4.98 Å². The highest BCUT2D eigenvalue weighted by molar-refractivity contribution is 9.10. The van der Waals surface area contributed by atoms with Gasteiger partial charge in [-0.3, -0.25) is 0 Å². The number of hydrogen-bond donors (Lipinski definition) is 1. The van der Waals surface area contributed by atoms with Crippen molar-refractivity contribution in [3.8, 4) is 17.6 Å². The van der Waals surface area contributed by atoms with Gasteiger partial charge in [-0.1, -0.05) is 0 Å². The summed E-state index contributed by atoms with van der Waals surface area (Å²) in [5, 5.41) is 21.6. The molecular weight excluding hydrogens is 340 g/mol. The van der Waals surface area contributed by atoms with Gasteiger partial charge in [-0.15, -0.1) is 11.3 Å². The van der Waals surface area contributed by atoms with E-state index < -0.39 is 0 Å². The van der Waals surface area contributed by atoms with E-state index in [0.717, 1.165) is 11.3 Å². The van der Waals surface area contributed by atoms with Gasteiger partial charge in [0.2, 0.25) is 0 Å². The van der Waals surface area contributed by atoms with Crippen molar-refractivity contribution in [2.24, 2.45) is 0 Å². The molecule has 2 aromatic rings. The van der Waals surface area contributed by atoms with Gasteiger partial charge in [-0.25, -0.2) is 4.98 Å². The normalized spacial score (nSPS) is 11.2. The maximum atomic E-state index is 9.77. The Balaban J connectivity index is 2.48. The maximum Gasteiger partial charge on any atom is 0.172 e. The molecule has 102 valence electrons. The first-order valence-corrected chi connectivity index (χ1v) is 7.33. The van der Waals surface area contributed by atoms with E-state index in [4.69, 9.17) is 4.74 Å². The Morgan fingerprint density at radius 1 is 1.55 bits per heavy atom. The van der Waals surface area contributed by atoms with Crippen LogP contribution in [0, 0.1) is 18.3 Å². The van der Waals surface area contributed by atoms with E-state index in [1.54, 1.807) is 18.2 Å². The van der Waals surface area contributed by atoms with Gasteiger partial charge in [0.1, 0.15) is 11.1 Å². The molecule has 0 aliphatic heterocycles. The standard InChI is InChI=1S/C14H11BrN2O2S/c1-8-7-20-14(17-8)10(6-16)3-9-4-11(15)13(18)12(5-9)19-2/h3-5,7,18H,1-2H3/b10-3-. The third kappa shape index (κ3) is 3.00. The number of aryl methyl sites for hydroxylation is 1. The number of halogens is 1. The topological polar surface area (TPSA) is 66.1 Å². The van der Waals surface area contributed by atoms with Crippen molar-refractivity contribution in [3.63, 3.8) is 0 Å². The Hall–Kier alpha value is -1.84. The fourth-order valence-electron chi connectivity index (χ4n) is 1.62. The van der Waals surface area contributed by atoms with E-state index in [-0.39, 0.29) is 5.75 Å². The number of phenolic OH excluding ortho intramolecular Hbond substituents is 1. The molecule has 0 radical (unpaired) electrons. The van der Waals surface area contributed by atoms with Crippen molar-refractivity contribution >= 4 is 38.9 Å². The molecular formula is C14H11BrN2O2S. The zero-order chi connectivity index (χ0) is 14.7. The number of allylic oxidation sites excluding steroid dienone is 1. The first kappa shape index (κ1) is 14.6. The third-order valence-corrected chi connectivity index (χ3v) is 4.15. The highest BCUT2D eigenvalue weighted by Crippen LogP contribution is 2.36. The lowest BCUT2D eigenvalue weighted by Gasteiger charge is -2.06. The predicted molar refractivity (Wildman–Crippen MR) is 82.7 cm³/mol. The molecule has 20 heavy (non-hydrogen) atoms. The minimum absolute atomic E-state index is 0.0354. The summed E-state index contributed by atoms with van der Waals surface area (Å²) in [6.07, 6.45) is 1.71. The number of rotatable bonds is 3. The molecule has 6 heteroatoms. The number of nitriles is 1. The highest BCUT2D eigenvalue weighted by Gasteiger charge is 2.10. The van der Waals surface area contributed by atoms with Crippen LogP contribution in [0.15, 0.2) is 22.0 Å². The molecule has 0 bridgehead atoms. The Bertz CT molecular complexity index is 716. The summed E-state index contributed by atoms with van der Waals surface area (Å²) in [6, 6.07) is 5.52. The monoisotopic (exact) mass is 350 g/mol. The van der Waals surface area contributed by atoms with E-state index in [0.29, 0.717) is 20.8 Å². The van der Waals surface area contributed by atoms with Crippen LogP contribution in [0.1, 0.15) is 16.3 Å². The van der Waals surface area contributed by atoms with E-state index in [1.165, 1.54) is 18.4 Å². The summed E-state index contributed by atoms with van der Waals surface area (Å²) < 4.78 is 5.60. The first-order chi connectivity index (χ1) is 9.55. The summed E-state index contributed by atoms with van der Waals surface area (Å²) in [5.41, 5.74) is 2.11. The number of hydrogen-bond acceptors (Lipinski definition) is 5. The van der Waals surface area contributed by atoms with Gasteiger partial charge in [-0.05, 0) is 46.6 Å². The Kier molecular flexibility index (Phi) is 4.42. The number of methoxy groups -OCH3 is 1. The molecule has 0 aliphatic carbocycles. The lowest BCUT2D eigenvalue weighted by Crippen LogP contribution is -1.87. The average Bonchev–Trinajstić information content (AvgIpc) is 2.86. The number of benzene rings is 1. The third-order valence-electron chi connectivity index (χ3n) is 2.55. The van der Waals surface area contributed by atoms with E-state index in [1.807, 2.05) is 12.3 Å². The molecule has 1 aromatic carbocycles. The lowest BCUT2D eigenvalue weighted by molar-refractivity contribution is 0.372. The van der Waals surface area contributed by atoms with Crippen molar-refractivity contribution in [2.45, 2.75) is 6.92 Å². The fourth-order valence-corrected chi connectivity index (χ4v) is 2.84. The second-order valence-electron chi connectivity index (χ2n) is 4.02. The van der Waals surface area contributed by atoms with Crippen LogP contribution in [0.3, 0.4) is 0 Å². The molecule has 0 aliphatic rings. The van der Waals surface area contributed by atoms with Gasteiger partial charge in [0, 0.05) is 11.1 Å². The van der Waals surface area contributed by atoms with Crippen LogP contribution in [-0.2, 0) is 0 Å². The zero-order valence-electron chi connectivity index (χ0n) is 10.8. The number of thiazole rings is 1. The van der Waals surface area contributed by atoms with E-state index in [9.17, 15) is 10.4 Å². The zero-order valence-corrected chi connectivity index (χ0v) is 13.2. The van der Waals surface area contributed by atoms with Gasteiger partial charge in [0.25, 0.3) is 0 Å². The summed E-state index contributed by atoms with van der Waals surface area (Å²) in [7, 11) is 1.48. The first-order valence-electron chi connectivity index (χ1n) is 5.66. The molecule has 0 unspecified atom stereocenters. The van der Waals surface area contributed by atoms with Crippen LogP contribution >= 0.6 is 27.3 Å². The summed E-state index contributed by atoms with van der Waals surface area (Å²) in [4.78, 5) is 4.30. The Labute approximate surface area is 129 Å². The number of phenols is 1. The minimum atomic E-state index is 0.0354. The second kappa shape index (κ2) is 6.07. The molecule has 0 atom stereocenters. The van der Waals surface area contributed by atoms with E-state index >= 15 is 0 Å². The summed E-state index contributed by atoms with van der Waals surface area (Å²) in [5.74, 6) is 0.381. The fraction of sp³-hybridized carbons (Fsp3) is 0.143. The summed E-state index contributed by atoms with van der Waals surface area (Å²) >= 11 is 4.68. The van der Waals surface area contributed by atoms with Gasteiger partial charge in [0.15, 0.2) is 11.5 Å². The predicted octanol–water partition coefficient (Wildman–Crippen LogP) is 3.99. The number of ether oxygens (including phenoxy) is 1. The van der Waals surface area contributed by atoms with Gasteiger partial charge < -0.3 is 9.84 Å². The summed E-state index contributed by atoms with van der Waals surface area (Å²) in [6.45, 7) is 1.88. The van der Waals surface area contributed by atoms with Gasteiger partial charge >= 0.3 is 0 Å². The van der Waals surface area contributed by atoms with Gasteiger partial charge in [0.05, 0.1) is 17.2 Å². The second-order valence-corrected chi connectivity index (χ2v) is 5.73. The number of aromatic hydroxyl groups is 1. The molecule has 2 rings (SSSR count). The van der Waals surface area contributed by atoms with Gasteiger partial charge in [-0.2, -0.15) is 5.26 Å². The quantitative estimate of drug-likeness (QED) is 0.849. The molecule has 0 amide bonds. The molecule has 0 saturated carbocycles. The smallest absolute Gasteiger partial charge is 0.172 e. The van der Waals surface area contributed by atoms with Crippen molar-refractivity contribution in [3.05, 3.63) is 38.3 Å². The molecule has 4 nitrogen and oxygen atoms in total. The van der Waals surface area contributed by atoms with E-state index in [2.05, 4.69) is 27.0 Å². The van der Waals surface area contributed by atoms with Crippen LogP contribution in [0.5, 0.6) is 11.5 Å². The molecule has 1 aromatic heterocycles. The van der Waals surface area contributed by atoms with Crippen LogP contribution in [0.4, 0.5) is 0 Å². The molecule has 1 N–H and O–H groups in total. The highest BCUT2D eigenvalue weighted by atomic mass is 79.9. The van der Waals surface area contributed by atoms with Crippen molar-refractivity contribution < 1.29 is 9.84 Å². The van der Waals surface area contributed by atoms with Crippen molar-refractivity contribution in [2.75, 3.05) is 7.11 Å². The number of aromatic nitrogens is 1. The molecule has 0 saturated heterocycles. The number of nitrogens with zero attached hydrogens (tertiary/aromatic N) is 2. The molecule has 1 heterocycles. The van der Waals surface area contributed by atoms with Crippen molar-refractivity contribution in [1.29, 1.82) is 5.26 Å². The Morgan fingerprint density at radius 2 is 2.30 bits per heavy atom. The molecule has 0 fully saturated rings. The maximum absolute atomic E-state index is 9.77.